The molecule has 0 rings (SSSR count). The smallest absolute Gasteiger partial charge is 0 e. The molecule has 0 aliphatic heterocycles. The normalized spacial score (nSPS) is 0. The summed E-state index contributed by atoms with van der Waals surface area (Å²) >= 11 is 0. The SMILES string of the molecule is [Al].[Cr].[Mn].[Ni].[Ni].[Si]. The van der Waals surface area contributed by atoms with Gasteiger partial charge in [0.1, 0.15) is 0 Å². The third-order valence-electron chi connectivity index (χ3n) is 0. The van der Waals surface area contributed by atoms with Crippen molar-refractivity contribution in [1.82, 2.24) is 0 Å². The first-order valence-corrected chi connectivity index (χ1v) is 0. The second kappa shape index (κ2) is 46.2. The van der Waals surface area contributed by atoms with Gasteiger partial charge in [-0.25, -0.2) is 0 Å². The van der Waals surface area contributed by atoms with Crippen LogP contribution in [0.4, 0.5) is 0 Å². The quantitative estimate of drug-likeness (QED) is 0.511. The van der Waals surface area contributed by atoms with Gasteiger partial charge in [0, 0.05) is 95.7 Å². The van der Waals surface area contributed by atoms with Crippen molar-refractivity contribution in [3.63, 3.8) is 0 Å². The Balaban J connectivity index is 0. The van der Waals surface area contributed by atoms with Crippen LogP contribution in [0.15, 0.2) is 0 Å². The van der Waals surface area contributed by atoms with Gasteiger partial charge in [-0.05, 0) is 0 Å². The maximum absolute atomic E-state index is 0. The van der Waals surface area contributed by atoms with Crippen molar-refractivity contribution in [1.29, 1.82) is 0 Å². The van der Waals surface area contributed by atoms with Gasteiger partial charge in [-0.1, -0.05) is 0 Å². The summed E-state index contributed by atoms with van der Waals surface area (Å²) in [6.45, 7) is 0. The van der Waals surface area contributed by atoms with Crippen LogP contribution in [-0.2, 0) is 67.4 Å². The van der Waals surface area contributed by atoms with Crippen LogP contribution in [0.2, 0.25) is 0 Å². The van der Waals surface area contributed by atoms with E-state index in [0.29, 0.717) is 0 Å². The van der Waals surface area contributed by atoms with Gasteiger partial charge in [-0.2, -0.15) is 0 Å². The molecule has 0 saturated carbocycles. The summed E-state index contributed by atoms with van der Waals surface area (Å²) in [5.74, 6) is 0. The summed E-state index contributed by atoms with van der Waals surface area (Å²) in [5.41, 5.74) is 0. The Morgan fingerprint density at radius 3 is 0.833 bits per heavy atom. The van der Waals surface area contributed by atoms with E-state index in [4.69, 9.17) is 0 Å². The van der Waals surface area contributed by atoms with E-state index >= 15 is 0 Å². The molecule has 0 atom stereocenters. The molecule has 0 aromatic rings. The molecule has 40 valence electrons. The van der Waals surface area contributed by atoms with Gasteiger partial charge in [0.15, 0.2) is 0 Å². The summed E-state index contributed by atoms with van der Waals surface area (Å²) in [6.07, 6.45) is 0. The zero-order valence-electron chi connectivity index (χ0n) is 2.50. The number of hydrogen-bond donors (Lipinski definition) is 0. The van der Waals surface area contributed by atoms with E-state index in [9.17, 15) is 0 Å². The molecule has 0 fully saturated rings. The molecule has 0 aliphatic carbocycles. The van der Waals surface area contributed by atoms with Gasteiger partial charge in [0.05, 0.1) is 0 Å². The molecule has 0 nitrogen and oxygen atoms in total. The molecule has 0 bridgehead atoms. The molecular formula is AlCrMnNi2Si. The van der Waals surface area contributed by atoms with E-state index in [-0.39, 0.29) is 95.7 Å². The fourth-order valence-electron chi connectivity index (χ4n) is 0. The Kier molecular flexibility index (Phi) is 528. The fourth-order valence-corrected chi connectivity index (χ4v) is 0. The van der Waals surface area contributed by atoms with Crippen molar-refractivity contribution >= 4 is 28.3 Å². The van der Waals surface area contributed by atoms with Gasteiger partial charge >= 0.3 is 0 Å². The average molecular weight is 279 g/mol. The molecule has 0 saturated heterocycles. The predicted molar refractivity (Wildman–Crippen MR) is 11.5 cm³/mol. The van der Waals surface area contributed by atoms with Crippen molar-refractivity contribution in [2.24, 2.45) is 0 Å². The monoisotopic (exact) mass is 278 g/mol. The van der Waals surface area contributed by atoms with Crippen molar-refractivity contribution in [3.05, 3.63) is 0 Å². The minimum atomic E-state index is 0. The minimum Gasteiger partial charge on any atom is 0 e. The van der Waals surface area contributed by atoms with Crippen molar-refractivity contribution in [2.75, 3.05) is 0 Å². The summed E-state index contributed by atoms with van der Waals surface area (Å²) in [7, 11) is 0. The zero-order chi connectivity index (χ0) is 0. The van der Waals surface area contributed by atoms with Crippen LogP contribution in [0.1, 0.15) is 0 Å². The van der Waals surface area contributed by atoms with Crippen molar-refractivity contribution < 1.29 is 67.4 Å². The van der Waals surface area contributed by atoms with Crippen LogP contribution < -0.4 is 0 Å². The number of hydrogen-bond acceptors (Lipinski definition) is 0. The van der Waals surface area contributed by atoms with Crippen molar-refractivity contribution in [3.8, 4) is 0 Å². The predicted octanol–water partition coefficient (Wildman–Crippen LogP) is -0.772. The molecule has 0 amide bonds. The Morgan fingerprint density at radius 1 is 0.833 bits per heavy atom. The maximum atomic E-state index is 0. The molecule has 6 heteroatoms. The van der Waals surface area contributed by atoms with E-state index in [0.717, 1.165) is 0 Å². The molecule has 6 heavy (non-hydrogen) atoms. The Morgan fingerprint density at radius 2 is 0.833 bits per heavy atom. The van der Waals surface area contributed by atoms with E-state index in [2.05, 4.69) is 0 Å². The third-order valence-corrected chi connectivity index (χ3v) is 0. The number of rotatable bonds is 0. The van der Waals surface area contributed by atoms with Gasteiger partial charge < -0.3 is 0 Å². The summed E-state index contributed by atoms with van der Waals surface area (Å²) in [6, 6.07) is 0. The first-order chi connectivity index (χ1) is 0. The van der Waals surface area contributed by atoms with E-state index < -0.39 is 0 Å². The van der Waals surface area contributed by atoms with Crippen LogP contribution in [0.3, 0.4) is 0 Å². The Bertz CT molecular complexity index is 13.5. The first-order valence-electron chi connectivity index (χ1n) is 0. The molecular weight excluding hydrogens is 279 g/mol. The molecule has 0 spiro atoms. The van der Waals surface area contributed by atoms with Crippen LogP contribution in [0, 0.1) is 0 Å². The molecule has 0 aliphatic rings. The Labute approximate surface area is 94.6 Å². The van der Waals surface area contributed by atoms with E-state index in [1.54, 1.807) is 0 Å². The Hall–Kier alpha value is 2.79. The van der Waals surface area contributed by atoms with Gasteiger partial charge in [-0.3, -0.25) is 0 Å². The molecule has 0 unspecified atom stereocenters. The van der Waals surface area contributed by atoms with E-state index in [1.165, 1.54) is 0 Å². The second-order valence-electron chi connectivity index (χ2n) is 0. The van der Waals surface area contributed by atoms with Gasteiger partial charge in [0.2, 0.25) is 0 Å². The second-order valence-corrected chi connectivity index (χ2v) is 0. The third kappa shape index (κ3) is 29.3. The standard InChI is InChI=1S/Al.Cr.Mn.2Ni.Si. The summed E-state index contributed by atoms with van der Waals surface area (Å²) in [5, 5.41) is 0. The van der Waals surface area contributed by atoms with Crippen LogP contribution >= 0.6 is 0 Å². The van der Waals surface area contributed by atoms with Crippen LogP contribution in [0.5, 0.6) is 0 Å². The largest absolute Gasteiger partial charge is 0 e. The first kappa shape index (κ1) is 68.6. The zero-order valence-corrected chi connectivity index (χ0v) is 9.08. The van der Waals surface area contributed by atoms with E-state index in [1.807, 2.05) is 0 Å². The average Bonchev–Trinajstić information content (AvgIpc) is 0. The molecule has 0 aromatic heterocycles. The van der Waals surface area contributed by atoms with Crippen LogP contribution in [-0.4, -0.2) is 28.3 Å². The molecule has 0 heterocycles. The molecule has 8 radical (unpaired) electrons. The minimum absolute atomic E-state index is 0. The van der Waals surface area contributed by atoms with Crippen LogP contribution in [0.25, 0.3) is 0 Å². The van der Waals surface area contributed by atoms with Crippen molar-refractivity contribution in [2.45, 2.75) is 0 Å². The topological polar surface area (TPSA) is 0 Å². The van der Waals surface area contributed by atoms with Gasteiger partial charge in [0.25, 0.3) is 0 Å². The summed E-state index contributed by atoms with van der Waals surface area (Å²) in [4.78, 5) is 0. The fraction of sp³-hybridized carbons (Fsp3) is 0. The molecule has 0 N–H and O–H groups in total. The molecule has 0 aromatic carbocycles. The maximum Gasteiger partial charge on any atom is 0 e. The summed E-state index contributed by atoms with van der Waals surface area (Å²) < 4.78 is 0. The van der Waals surface area contributed by atoms with Gasteiger partial charge in [-0.15, -0.1) is 0 Å².